The first-order valence-electron chi connectivity index (χ1n) is 5.44. The van der Waals surface area contributed by atoms with Gasteiger partial charge in [-0.3, -0.25) is 0 Å². The first-order valence-corrected chi connectivity index (χ1v) is 5.44. The third kappa shape index (κ3) is 5.74. The molecule has 0 aliphatic heterocycles. The summed E-state index contributed by atoms with van der Waals surface area (Å²) in [5.41, 5.74) is 0. The van der Waals surface area contributed by atoms with E-state index in [0.29, 0.717) is 12.3 Å². The van der Waals surface area contributed by atoms with E-state index in [1.807, 2.05) is 6.92 Å². The Balaban J connectivity index is 2.42. The molecule has 1 heterocycles. The van der Waals surface area contributed by atoms with Crippen molar-refractivity contribution in [3.05, 3.63) is 24.2 Å². The summed E-state index contributed by atoms with van der Waals surface area (Å²) in [5, 5.41) is 3.07. The molecule has 3 nitrogen and oxygen atoms in total. The summed E-state index contributed by atoms with van der Waals surface area (Å²) in [4.78, 5) is 0. The molecule has 1 N–H and O–H groups in total. The van der Waals surface area contributed by atoms with Gasteiger partial charge >= 0.3 is 6.18 Å². The molecular weight excluding hydrogens is 235 g/mol. The maximum absolute atomic E-state index is 11.9. The predicted octanol–water partition coefficient (Wildman–Crippen LogP) is 2.90. The van der Waals surface area contributed by atoms with Gasteiger partial charge in [-0.2, -0.15) is 13.2 Å². The molecule has 6 heteroatoms. The van der Waals surface area contributed by atoms with Crippen molar-refractivity contribution in [2.24, 2.45) is 0 Å². The van der Waals surface area contributed by atoms with E-state index in [1.165, 1.54) is 6.26 Å². The predicted molar refractivity (Wildman–Crippen MR) is 56.6 cm³/mol. The molecule has 0 spiro atoms. The van der Waals surface area contributed by atoms with Gasteiger partial charge in [-0.1, -0.05) is 6.92 Å². The molecule has 0 aromatic carbocycles. The maximum Gasteiger partial charge on any atom is 0.411 e. The maximum atomic E-state index is 11.9. The van der Waals surface area contributed by atoms with E-state index in [0.717, 1.165) is 6.42 Å². The lowest BCUT2D eigenvalue weighted by Crippen LogP contribution is -2.28. The standard InChI is InChI=1S/C11H16F3NO2/c1-2-5-15-9(10-4-3-6-17-10)7-16-8-11(12,13)14/h3-4,6,9,15H,2,5,7-8H2,1H3. The van der Waals surface area contributed by atoms with Crippen molar-refractivity contribution < 1.29 is 22.3 Å². The largest absolute Gasteiger partial charge is 0.468 e. The van der Waals surface area contributed by atoms with Crippen molar-refractivity contribution in [2.45, 2.75) is 25.6 Å². The van der Waals surface area contributed by atoms with Crippen molar-refractivity contribution in [2.75, 3.05) is 19.8 Å². The minimum Gasteiger partial charge on any atom is -0.468 e. The van der Waals surface area contributed by atoms with Crippen LogP contribution in [0.5, 0.6) is 0 Å². The Morgan fingerprint density at radius 1 is 1.47 bits per heavy atom. The van der Waals surface area contributed by atoms with Crippen LogP contribution >= 0.6 is 0 Å². The number of rotatable bonds is 7. The second kappa shape index (κ2) is 6.66. The van der Waals surface area contributed by atoms with Crippen molar-refractivity contribution in [1.82, 2.24) is 5.32 Å². The zero-order chi connectivity index (χ0) is 12.7. The summed E-state index contributed by atoms with van der Waals surface area (Å²) in [5.74, 6) is 0.584. The van der Waals surface area contributed by atoms with E-state index in [-0.39, 0.29) is 12.6 Å². The molecule has 1 aromatic heterocycles. The van der Waals surface area contributed by atoms with Gasteiger partial charge in [0.15, 0.2) is 0 Å². The van der Waals surface area contributed by atoms with Crippen LogP contribution in [-0.4, -0.2) is 25.9 Å². The Morgan fingerprint density at radius 2 is 2.24 bits per heavy atom. The molecule has 0 aliphatic rings. The van der Waals surface area contributed by atoms with Crippen molar-refractivity contribution in [3.8, 4) is 0 Å². The molecule has 1 unspecified atom stereocenters. The van der Waals surface area contributed by atoms with E-state index in [1.54, 1.807) is 12.1 Å². The molecule has 17 heavy (non-hydrogen) atoms. The van der Waals surface area contributed by atoms with E-state index >= 15 is 0 Å². The van der Waals surface area contributed by atoms with Crippen LogP contribution in [0.25, 0.3) is 0 Å². The molecule has 98 valence electrons. The molecule has 0 saturated heterocycles. The van der Waals surface area contributed by atoms with Crippen LogP contribution in [0.1, 0.15) is 25.1 Å². The SMILES string of the molecule is CCCNC(COCC(F)(F)F)c1ccco1. The van der Waals surface area contributed by atoms with E-state index in [9.17, 15) is 13.2 Å². The Labute approximate surface area is 97.9 Å². The fourth-order valence-corrected chi connectivity index (χ4v) is 1.34. The molecule has 1 rings (SSSR count). The van der Waals surface area contributed by atoms with E-state index < -0.39 is 12.8 Å². The molecule has 0 aliphatic carbocycles. The molecule has 0 saturated carbocycles. The second-order valence-corrected chi connectivity index (χ2v) is 3.65. The lowest BCUT2D eigenvalue weighted by molar-refractivity contribution is -0.175. The van der Waals surface area contributed by atoms with Crippen molar-refractivity contribution in [1.29, 1.82) is 0 Å². The summed E-state index contributed by atoms with van der Waals surface area (Å²) >= 11 is 0. The zero-order valence-electron chi connectivity index (χ0n) is 9.59. The molecule has 0 radical (unpaired) electrons. The second-order valence-electron chi connectivity index (χ2n) is 3.65. The molecular formula is C11H16F3NO2. The van der Waals surface area contributed by atoms with Crippen LogP contribution < -0.4 is 5.32 Å². The summed E-state index contributed by atoms with van der Waals surface area (Å²) in [7, 11) is 0. The Kier molecular flexibility index (Phi) is 5.50. The number of hydrogen-bond acceptors (Lipinski definition) is 3. The van der Waals surface area contributed by atoms with Crippen LogP contribution in [0, 0.1) is 0 Å². The Morgan fingerprint density at radius 3 is 2.76 bits per heavy atom. The van der Waals surface area contributed by atoms with Gasteiger partial charge < -0.3 is 14.5 Å². The quantitative estimate of drug-likeness (QED) is 0.809. The number of furan rings is 1. The molecule has 1 atom stereocenters. The zero-order valence-corrected chi connectivity index (χ0v) is 9.59. The van der Waals surface area contributed by atoms with Crippen LogP contribution in [-0.2, 0) is 4.74 Å². The van der Waals surface area contributed by atoms with Gasteiger partial charge in [0.2, 0.25) is 0 Å². The topological polar surface area (TPSA) is 34.4 Å². The van der Waals surface area contributed by atoms with Crippen molar-refractivity contribution >= 4 is 0 Å². The van der Waals surface area contributed by atoms with E-state index in [2.05, 4.69) is 10.1 Å². The van der Waals surface area contributed by atoms with Gasteiger partial charge in [-0.15, -0.1) is 0 Å². The smallest absolute Gasteiger partial charge is 0.411 e. The van der Waals surface area contributed by atoms with Gasteiger partial charge in [0.05, 0.1) is 18.9 Å². The number of alkyl halides is 3. The fraction of sp³-hybridized carbons (Fsp3) is 0.636. The van der Waals surface area contributed by atoms with Crippen molar-refractivity contribution in [3.63, 3.8) is 0 Å². The first kappa shape index (κ1) is 14.1. The average Bonchev–Trinajstić information content (AvgIpc) is 2.74. The molecule has 0 fully saturated rings. The minimum atomic E-state index is -4.29. The van der Waals surface area contributed by atoms with Gasteiger partial charge in [-0.25, -0.2) is 0 Å². The monoisotopic (exact) mass is 251 g/mol. The van der Waals surface area contributed by atoms with Crippen LogP contribution in [0.4, 0.5) is 13.2 Å². The highest BCUT2D eigenvalue weighted by molar-refractivity contribution is 5.04. The number of nitrogens with one attached hydrogen (secondary N) is 1. The Bertz CT molecular complexity index is 298. The average molecular weight is 251 g/mol. The highest BCUT2D eigenvalue weighted by atomic mass is 19.4. The third-order valence-electron chi connectivity index (χ3n) is 2.08. The summed E-state index contributed by atoms with van der Waals surface area (Å²) in [6.45, 7) is 1.37. The lowest BCUT2D eigenvalue weighted by Gasteiger charge is -2.17. The summed E-state index contributed by atoms with van der Waals surface area (Å²) in [6, 6.07) is 3.07. The minimum absolute atomic E-state index is 0.0625. The van der Waals surface area contributed by atoms with Crippen LogP contribution in [0.3, 0.4) is 0 Å². The van der Waals surface area contributed by atoms with Crippen LogP contribution in [0.15, 0.2) is 22.8 Å². The van der Waals surface area contributed by atoms with Gasteiger partial charge in [0.25, 0.3) is 0 Å². The third-order valence-corrected chi connectivity index (χ3v) is 2.08. The number of halogens is 3. The fourth-order valence-electron chi connectivity index (χ4n) is 1.34. The van der Waals surface area contributed by atoms with Gasteiger partial charge in [-0.05, 0) is 25.1 Å². The van der Waals surface area contributed by atoms with E-state index in [4.69, 9.17) is 4.42 Å². The summed E-state index contributed by atoms with van der Waals surface area (Å²) < 4.78 is 45.6. The van der Waals surface area contributed by atoms with Gasteiger partial charge in [0.1, 0.15) is 12.4 Å². The van der Waals surface area contributed by atoms with Gasteiger partial charge in [0, 0.05) is 0 Å². The highest BCUT2D eigenvalue weighted by Gasteiger charge is 2.28. The molecule has 0 bridgehead atoms. The highest BCUT2D eigenvalue weighted by Crippen LogP contribution is 2.18. The van der Waals surface area contributed by atoms with Crippen LogP contribution in [0.2, 0.25) is 0 Å². The molecule has 0 amide bonds. The normalized spacial score (nSPS) is 13.9. The lowest BCUT2D eigenvalue weighted by atomic mass is 10.2. The summed E-state index contributed by atoms with van der Waals surface area (Å²) in [6.07, 6.45) is -1.92. The molecule has 1 aromatic rings. The Hall–Kier alpha value is -1.01. The number of ether oxygens (including phenoxy) is 1. The number of hydrogen-bond donors (Lipinski definition) is 1. The first-order chi connectivity index (χ1) is 8.03.